The van der Waals surface area contributed by atoms with Crippen molar-refractivity contribution in [3.05, 3.63) is 101 Å². The van der Waals surface area contributed by atoms with E-state index in [0.29, 0.717) is 22.0 Å². The molecule has 2 saturated heterocycles. The third kappa shape index (κ3) is 3.26. The average molecular weight is 490 g/mol. The van der Waals surface area contributed by atoms with Crippen LogP contribution in [-0.4, -0.2) is 22.9 Å². The molecule has 0 radical (unpaired) electrons. The van der Waals surface area contributed by atoms with Gasteiger partial charge in [0, 0.05) is 16.0 Å². The van der Waals surface area contributed by atoms with Gasteiger partial charge in [-0.2, -0.15) is 0 Å². The van der Waals surface area contributed by atoms with E-state index in [0.717, 1.165) is 15.8 Å². The van der Waals surface area contributed by atoms with Crippen molar-refractivity contribution in [3.8, 4) is 0 Å². The number of fused-ring (bicyclic) bond motifs is 2. The monoisotopic (exact) mass is 489 g/mol. The first-order chi connectivity index (χ1) is 16.5. The van der Waals surface area contributed by atoms with Crippen molar-refractivity contribution in [2.24, 2.45) is 5.92 Å². The highest BCUT2D eigenvalue weighted by molar-refractivity contribution is 6.32. The number of rotatable bonds is 3. The van der Waals surface area contributed by atoms with Crippen LogP contribution in [0.5, 0.6) is 0 Å². The van der Waals surface area contributed by atoms with Crippen LogP contribution in [0.15, 0.2) is 84.9 Å². The normalized spacial score (nSPS) is 22.0. The van der Waals surface area contributed by atoms with Crippen molar-refractivity contribution < 1.29 is 14.4 Å². The van der Waals surface area contributed by atoms with Gasteiger partial charge in [0.2, 0.25) is 5.91 Å². The van der Waals surface area contributed by atoms with Crippen LogP contribution in [0.3, 0.4) is 0 Å². The molecule has 0 spiro atoms. The molecule has 3 aromatic carbocycles. The molecule has 8 heteroatoms. The number of carbonyl (C=O) groups is 2. The SMILES string of the molecule is O=C1[C@@H]2[C@@H](c3cc4ccccc4nc3Cl)N(c3ccccc3)O[C@H]2C(=O)N1c1cccc(Cl)c1. The van der Waals surface area contributed by atoms with E-state index in [1.54, 1.807) is 29.3 Å². The predicted molar refractivity (Wildman–Crippen MR) is 131 cm³/mol. The number of carbonyl (C=O) groups excluding carboxylic acids is 2. The number of anilines is 2. The Kier molecular flexibility index (Phi) is 5.03. The van der Waals surface area contributed by atoms with Crippen molar-refractivity contribution in [1.29, 1.82) is 0 Å². The Labute approximate surface area is 205 Å². The summed E-state index contributed by atoms with van der Waals surface area (Å²) in [4.78, 5) is 39.0. The number of nitrogens with zero attached hydrogens (tertiary/aromatic N) is 3. The lowest BCUT2D eigenvalue weighted by Crippen LogP contribution is -2.37. The second kappa shape index (κ2) is 8.09. The summed E-state index contributed by atoms with van der Waals surface area (Å²) in [5.41, 5.74) is 2.48. The maximum absolute atomic E-state index is 13.7. The maximum atomic E-state index is 13.7. The molecule has 3 atom stereocenters. The zero-order valence-electron chi connectivity index (χ0n) is 17.6. The van der Waals surface area contributed by atoms with E-state index < -0.39 is 24.0 Å². The molecule has 3 heterocycles. The summed E-state index contributed by atoms with van der Waals surface area (Å²) in [5, 5.41) is 3.18. The Balaban J connectivity index is 1.50. The highest BCUT2D eigenvalue weighted by Crippen LogP contribution is 2.49. The van der Waals surface area contributed by atoms with Gasteiger partial charge in [0.1, 0.15) is 11.1 Å². The van der Waals surface area contributed by atoms with E-state index in [2.05, 4.69) is 4.98 Å². The third-order valence-electron chi connectivity index (χ3n) is 6.22. The van der Waals surface area contributed by atoms with Crippen molar-refractivity contribution >= 4 is 57.3 Å². The van der Waals surface area contributed by atoms with Crippen LogP contribution in [0.1, 0.15) is 11.6 Å². The minimum absolute atomic E-state index is 0.260. The molecule has 0 aliphatic carbocycles. The first kappa shape index (κ1) is 21.1. The number of aromatic nitrogens is 1. The summed E-state index contributed by atoms with van der Waals surface area (Å²) in [5.74, 6) is -1.62. The van der Waals surface area contributed by atoms with Crippen LogP contribution in [0.2, 0.25) is 10.2 Å². The summed E-state index contributed by atoms with van der Waals surface area (Å²) in [7, 11) is 0. The van der Waals surface area contributed by atoms with E-state index in [9.17, 15) is 9.59 Å². The lowest BCUT2D eigenvalue weighted by molar-refractivity contribution is -0.126. The van der Waals surface area contributed by atoms with Gasteiger partial charge in [-0.15, -0.1) is 0 Å². The van der Waals surface area contributed by atoms with Gasteiger partial charge >= 0.3 is 0 Å². The van der Waals surface area contributed by atoms with Gasteiger partial charge in [-0.05, 0) is 42.5 Å². The molecule has 0 saturated carbocycles. The first-order valence-electron chi connectivity index (χ1n) is 10.7. The number of hydrogen-bond acceptors (Lipinski definition) is 5. The molecule has 0 unspecified atom stereocenters. The second-order valence-corrected chi connectivity index (χ2v) is 9.01. The van der Waals surface area contributed by atoms with E-state index in [-0.39, 0.29) is 11.1 Å². The number of halogens is 2. The zero-order chi connectivity index (χ0) is 23.4. The van der Waals surface area contributed by atoms with Gasteiger partial charge in [-0.25, -0.2) is 14.9 Å². The smallest absolute Gasteiger partial charge is 0.266 e. The fourth-order valence-electron chi connectivity index (χ4n) is 4.72. The number of hydrogen-bond donors (Lipinski definition) is 0. The summed E-state index contributed by atoms with van der Waals surface area (Å²) < 4.78 is 0. The average Bonchev–Trinajstić information content (AvgIpc) is 3.35. The molecule has 168 valence electrons. The Morgan fingerprint density at radius 1 is 0.794 bits per heavy atom. The summed E-state index contributed by atoms with van der Waals surface area (Å²) >= 11 is 12.8. The number of pyridine rings is 1. The number of imide groups is 1. The summed E-state index contributed by atoms with van der Waals surface area (Å²) in [6, 6.07) is 24.9. The molecule has 34 heavy (non-hydrogen) atoms. The number of amides is 2. The molecule has 2 amide bonds. The van der Waals surface area contributed by atoms with Gasteiger partial charge in [-0.3, -0.25) is 14.4 Å². The number of hydroxylamine groups is 1. The van der Waals surface area contributed by atoms with E-state index in [1.807, 2.05) is 60.7 Å². The van der Waals surface area contributed by atoms with Gasteiger partial charge in [0.15, 0.2) is 6.10 Å². The van der Waals surface area contributed by atoms with Crippen molar-refractivity contribution in [2.75, 3.05) is 9.96 Å². The van der Waals surface area contributed by atoms with Crippen molar-refractivity contribution in [1.82, 2.24) is 4.98 Å². The van der Waals surface area contributed by atoms with Crippen molar-refractivity contribution in [3.63, 3.8) is 0 Å². The molecule has 0 N–H and O–H groups in total. The molecule has 0 bridgehead atoms. The van der Waals surface area contributed by atoms with E-state index in [1.165, 1.54) is 0 Å². The number of para-hydroxylation sites is 2. The zero-order valence-corrected chi connectivity index (χ0v) is 19.1. The lowest BCUT2D eigenvalue weighted by atomic mass is 9.90. The second-order valence-electron chi connectivity index (χ2n) is 8.21. The van der Waals surface area contributed by atoms with Crippen LogP contribution in [-0.2, 0) is 14.4 Å². The highest BCUT2D eigenvalue weighted by atomic mass is 35.5. The third-order valence-corrected chi connectivity index (χ3v) is 6.75. The van der Waals surface area contributed by atoms with Crippen LogP contribution in [0.4, 0.5) is 11.4 Å². The minimum Gasteiger partial charge on any atom is -0.273 e. The largest absolute Gasteiger partial charge is 0.273 e. The van der Waals surface area contributed by atoms with Gasteiger partial charge in [0.05, 0.1) is 22.9 Å². The van der Waals surface area contributed by atoms with Crippen LogP contribution in [0, 0.1) is 5.92 Å². The number of benzene rings is 3. The molecule has 2 aliphatic heterocycles. The summed E-state index contributed by atoms with van der Waals surface area (Å²) in [6.07, 6.45) is -1.00. The molecule has 6 rings (SSSR count). The molecular formula is C26H17Cl2N3O3. The van der Waals surface area contributed by atoms with Crippen molar-refractivity contribution in [2.45, 2.75) is 12.1 Å². The Hall–Kier alpha value is -3.45. The molecule has 2 fully saturated rings. The Morgan fingerprint density at radius 3 is 2.32 bits per heavy atom. The Bertz CT molecular complexity index is 1450. The predicted octanol–water partition coefficient (Wildman–Crippen LogP) is 5.59. The topological polar surface area (TPSA) is 62.7 Å². The van der Waals surface area contributed by atoms with Gasteiger partial charge in [-0.1, -0.05) is 65.7 Å². The van der Waals surface area contributed by atoms with Crippen LogP contribution >= 0.6 is 23.2 Å². The fourth-order valence-corrected chi connectivity index (χ4v) is 5.16. The minimum atomic E-state index is -1.00. The molecule has 1 aromatic heterocycles. The van der Waals surface area contributed by atoms with Crippen LogP contribution in [0.25, 0.3) is 10.9 Å². The maximum Gasteiger partial charge on any atom is 0.266 e. The lowest BCUT2D eigenvalue weighted by Gasteiger charge is -2.29. The van der Waals surface area contributed by atoms with Crippen LogP contribution < -0.4 is 9.96 Å². The molecule has 6 nitrogen and oxygen atoms in total. The van der Waals surface area contributed by atoms with E-state index in [4.69, 9.17) is 28.0 Å². The van der Waals surface area contributed by atoms with Gasteiger partial charge < -0.3 is 0 Å². The molecular weight excluding hydrogens is 473 g/mol. The Morgan fingerprint density at radius 2 is 1.53 bits per heavy atom. The van der Waals surface area contributed by atoms with Gasteiger partial charge in [0.25, 0.3) is 5.91 Å². The quantitative estimate of drug-likeness (QED) is 0.277. The standard InChI is InChI=1S/C26H17Cl2N3O3/c27-16-8-6-11-18(14-16)30-25(32)21-22(19-13-15-7-4-5-12-20(15)29-24(19)28)31(34-23(21)26(30)33)17-9-2-1-3-10-17/h1-14,21-23H/t21-,22-,23-/m1/s1. The highest BCUT2D eigenvalue weighted by Gasteiger charge is 2.60. The molecule has 4 aromatic rings. The summed E-state index contributed by atoms with van der Waals surface area (Å²) in [6.45, 7) is 0. The fraction of sp³-hybridized carbons (Fsp3) is 0.115. The van der Waals surface area contributed by atoms with E-state index >= 15 is 0 Å². The molecule has 2 aliphatic rings. The first-order valence-corrected chi connectivity index (χ1v) is 11.5.